The molecule has 0 radical (unpaired) electrons. The van der Waals surface area contributed by atoms with E-state index in [1.807, 2.05) is 25.1 Å². The van der Waals surface area contributed by atoms with E-state index in [0.29, 0.717) is 24.8 Å². The fourth-order valence-electron chi connectivity index (χ4n) is 4.39. The lowest BCUT2D eigenvalue weighted by Crippen LogP contribution is -2.37. The summed E-state index contributed by atoms with van der Waals surface area (Å²) >= 11 is 0. The van der Waals surface area contributed by atoms with Crippen LogP contribution in [0.2, 0.25) is 0 Å². The summed E-state index contributed by atoms with van der Waals surface area (Å²) in [7, 11) is 0. The van der Waals surface area contributed by atoms with Crippen LogP contribution in [0.3, 0.4) is 0 Å². The summed E-state index contributed by atoms with van der Waals surface area (Å²) in [6.45, 7) is 8.13. The number of nitrogen functional groups attached to an aromatic ring is 2. The number of morpholine rings is 2. The quantitative estimate of drug-likeness (QED) is 0.252. The number of nitrogens with zero attached hydrogens (tertiary/aromatic N) is 5. The van der Waals surface area contributed by atoms with Crippen molar-refractivity contribution in [3.63, 3.8) is 0 Å². The maximum Gasteiger partial charge on any atom is 0.250 e. The van der Waals surface area contributed by atoms with Crippen LogP contribution in [-0.2, 0) is 9.47 Å². The molecule has 2 aliphatic heterocycles. The van der Waals surface area contributed by atoms with Crippen molar-refractivity contribution in [2.24, 2.45) is 0 Å². The van der Waals surface area contributed by atoms with E-state index in [4.69, 9.17) is 20.9 Å². The topological polar surface area (TPSA) is 180 Å². The minimum atomic E-state index is -0.146. The number of H-pyrrole nitrogens is 3. The normalized spacial score (nSPS) is 14.9. The van der Waals surface area contributed by atoms with Gasteiger partial charge in [0, 0.05) is 61.2 Å². The van der Waals surface area contributed by atoms with E-state index in [1.54, 1.807) is 6.07 Å². The molecule has 2 aliphatic rings. The van der Waals surface area contributed by atoms with Crippen molar-refractivity contribution in [2.45, 2.75) is 21.8 Å². The molecular weight excluding hydrogens is 512 g/mol. The van der Waals surface area contributed by atoms with Gasteiger partial charge < -0.3 is 35.7 Å². The largest absolute Gasteiger partial charge is 0.382 e. The van der Waals surface area contributed by atoms with Gasteiger partial charge in [-0.3, -0.25) is 15.0 Å². The number of anilines is 4. The Labute approximate surface area is 233 Å². The lowest BCUT2D eigenvalue weighted by molar-refractivity contribution is 0.122. The van der Waals surface area contributed by atoms with Crippen LogP contribution in [0.1, 0.15) is 20.5 Å². The van der Waals surface area contributed by atoms with E-state index in [9.17, 15) is 4.79 Å². The molecule has 0 unspecified atom stereocenters. The highest BCUT2D eigenvalue weighted by molar-refractivity contribution is 5.67. The summed E-state index contributed by atoms with van der Waals surface area (Å²) in [4.78, 5) is 23.5. The molecule has 4 aromatic rings. The van der Waals surface area contributed by atoms with Gasteiger partial charge in [0.05, 0.1) is 37.8 Å². The van der Waals surface area contributed by atoms with E-state index in [1.165, 1.54) is 6.07 Å². The van der Waals surface area contributed by atoms with Crippen LogP contribution >= 0.6 is 0 Å². The minimum absolute atomic E-state index is 0. The molecule has 0 aromatic carbocycles. The predicted octanol–water partition coefficient (Wildman–Crippen LogP) is 2.65. The van der Waals surface area contributed by atoms with Gasteiger partial charge in [0.15, 0.2) is 0 Å². The third-order valence-electron chi connectivity index (χ3n) is 6.27. The number of hydrogen-bond donors (Lipinski definition) is 5. The van der Waals surface area contributed by atoms with Gasteiger partial charge in [-0.15, -0.1) is 0 Å². The first-order valence-electron chi connectivity index (χ1n) is 12.5. The molecule has 0 atom stereocenters. The van der Waals surface area contributed by atoms with Crippen LogP contribution < -0.4 is 26.8 Å². The molecule has 2 saturated heterocycles. The van der Waals surface area contributed by atoms with Gasteiger partial charge in [-0.05, 0) is 25.1 Å². The predicted molar refractivity (Wildman–Crippen MR) is 160 cm³/mol. The molecule has 0 saturated carbocycles. The first-order chi connectivity index (χ1) is 18.4. The van der Waals surface area contributed by atoms with Crippen LogP contribution in [0.15, 0.2) is 41.2 Å². The SMILES string of the molecule is C.C.Cc1cc(-c2cc(N)n[nH]2)cc(N2CCOCC2)n1.Nc1cc(-c2cc(N3CCOCC3)[nH]c(=O)c2)[nH]n1. The van der Waals surface area contributed by atoms with Gasteiger partial charge in [-0.25, -0.2) is 4.98 Å². The highest BCUT2D eigenvalue weighted by Crippen LogP contribution is 2.25. The lowest BCUT2D eigenvalue weighted by Gasteiger charge is -2.28. The van der Waals surface area contributed by atoms with Crippen molar-refractivity contribution >= 4 is 23.3 Å². The van der Waals surface area contributed by atoms with Gasteiger partial charge in [0.25, 0.3) is 0 Å². The van der Waals surface area contributed by atoms with Crippen molar-refractivity contribution in [1.29, 1.82) is 0 Å². The number of aryl methyl sites for hydroxylation is 1. The Balaban J connectivity index is 0.000000210. The van der Waals surface area contributed by atoms with Crippen molar-refractivity contribution in [3.05, 3.63) is 52.4 Å². The van der Waals surface area contributed by atoms with Crippen LogP contribution in [-0.4, -0.2) is 83.0 Å². The average molecular weight is 553 g/mol. The minimum Gasteiger partial charge on any atom is -0.382 e. The van der Waals surface area contributed by atoms with Gasteiger partial charge in [-0.2, -0.15) is 10.2 Å². The summed E-state index contributed by atoms with van der Waals surface area (Å²) in [6.07, 6.45) is 0. The fourth-order valence-corrected chi connectivity index (χ4v) is 4.39. The Morgan fingerprint density at radius 2 is 1.27 bits per heavy atom. The molecule has 13 heteroatoms. The van der Waals surface area contributed by atoms with Crippen LogP contribution in [0.25, 0.3) is 22.5 Å². The Kier molecular flexibility index (Phi) is 10.3. The van der Waals surface area contributed by atoms with Crippen molar-refractivity contribution < 1.29 is 9.47 Å². The van der Waals surface area contributed by atoms with Gasteiger partial charge in [-0.1, -0.05) is 14.9 Å². The third-order valence-corrected chi connectivity index (χ3v) is 6.27. The molecule has 13 nitrogen and oxygen atoms in total. The Morgan fingerprint density at radius 1 is 0.750 bits per heavy atom. The summed E-state index contributed by atoms with van der Waals surface area (Å²) in [6, 6.07) is 11.1. The van der Waals surface area contributed by atoms with E-state index in [0.717, 1.165) is 79.2 Å². The number of ether oxygens (including phenoxy) is 2. The second kappa shape index (κ2) is 13.6. The summed E-state index contributed by atoms with van der Waals surface area (Å²) < 4.78 is 10.7. The molecule has 0 bridgehead atoms. The number of nitrogens with two attached hydrogens (primary N) is 2. The Morgan fingerprint density at radius 3 is 1.80 bits per heavy atom. The molecule has 0 amide bonds. The molecule has 6 rings (SSSR count). The summed E-state index contributed by atoms with van der Waals surface area (Å²) in [5.74, 6) is 2.67. The number of aromatic amines is 3. The standard InChI is InChI=1S/C13H17N5O.C12H15N5O2.2CH4/c1-9-6-10(11-8-12(14)17-16-11)7-13(15-9)18-2-4-19-5-3-18;13-10-7-9(15-16-10)8-5-11(14-12(18)6-8)17-1-3-19-4-2-17;;/h6-8H,2-5H2,1H3,(H3,14,16,17);5-7H,1-4H2,(H,14,18)(H3,13,15,16);2*1H4. The molecule has 7 N–H and O–H groups in total. The van der Waals surface area contributed by atoms with Gasteiger partial charge in [0.2, 0.25) is 5.56 Å². The Hall–Kier alpha value is -4.36. The van der Waals surface area contributed by atoms with E-state index in [2.05, 4.69) is 46.2 Å². The van der Waals surface area contributed by atoms with Crippen molar-refractivity contribution in [1.82, 2.24) is 30.4 Å². The maximum absolute atomic E-state index is 11.8. The Bertz CT molecular complexity index is 1420. The monoisotopic (exact) mass is 552 g/mol. The zero-order valence-corrected chi connectivity index (χ0v) is 21.2. The van der Waals surface area contributed by atoms with Crippen molar-refractivity contribution in [3.8, 4) is 22.5 Å². The summed E-state index contributed by atoms with van der Waals surface area (Å²) in [5.41, 5.74) is 15.5. The van der Waals surface area contributed by atoms with Crippen molar-refractivity contribution in [2.75, 3.05) is 73.9 Å². The molecule has 0 spiro atoms. The van der Waals surface area contributed by atoms with E-state index in [-0.39, 0.29) is 20.4 Å². The lowest BCUT2D eigenvalue weighted by atomic mass is 10.1. The third kappa shape index (κ3) is 7.39. The molecule has 6 heterocycles. The number of pyridine rings is 2. The first-order valence-corrected chi connectivity index (χ1v) is 12.5. The molecule has 4 aromatic heterocycles. The second-order valence-electron chi connectivity index (χ2n) is 9.09. The second-order valence-corrected chi connectivity index (χ2v) is 9.09. The van der Waals surface area contributed by atoms with Gasteiger partial charge >= 0.3 is 0 Å². The smallest absolute Gasteiger partial charge is 0.250 e. The first kappa shape index (κ1) is 30.2. The summed E-state index contributed by atoms with van der Waals surface area (Å²) in [5, 5.41) is 13.6. The number of nitrogens with one attached hydrogen (secondary N) is 3. The number of rotatable bonds is 4. The zero-order valence-electron chi connectivity index (χ0n) is 21.2. The molecule has 2 fully saturated rings. The van der Waals surface area contributed by atoms with Crippen LogP contribution in [0, 0.1) is 6.92 Å². The zero-order chi connectivity index (χ0) is 26.5. The molecule has 216 valence electrons. The highest BCUT2D eigenvalue weighted by atomic mass is 16.5. The molecule has 0 aliphatic carbocycles. The number of aromatic nitrogens is 6. The maximum atomic E-state index is 11.8. The fraction of sp³-hybridized carbons (Fsp3) is 0.407. The van der Waals surface area contributed by atoms with Crippen LogP contribution in [0.5, 0.6) is 0 Å². The molecular formula is C27H40N10O3. The highest BCUT2D eigenvalue weighted by Gasteiger charge is 2.15. The molecule has 40 heavy (non-hydrogen) atoms. The average Bonchev–Trinajstić information content (AvgIpc) is 3.58. The number of hydrogen-bond acceptors (Lipinski definition) is 10. The van der Waals surface area contributed by atoms with Crippen LogP contribution in [0.4, 0.5) is 23.3 Å². The van der Waals surface area contributed by atoms with E-state index >= 15 is 0 Å². The van der Waals surface area contributed by atoms with Gasteiger partial charge in [0.1, 0.15) is 23.3 Å². The van der Waals surface area contributed by atoms with E-state index < -0.39 is 0 Å².